The summed E-state index contributed by atoms with van der Waals surface area (Å²) in [5.41, 5.74) is 2.09. The summed E-state index contributed by atoms with van der Waals surface area (Å²) in [6, 6.07) is 0. The van der Waals surface area contributed by atoms with Crippen molar-refractivity contribution < 1.29 is 34.7 Å². The van der Waals surface area contributed by atoms with Crippen molar-refractivity contribution in [2.75, 3.05) is 13.2 Å². The molecule has 0 aromatic rings. The standard InChI is InChI=1S/C15H30N2O7/c16-17-11(19)7-5-3-1-2-4-6-8-23-15-14(22)13(21)12(20)10(9-18)24-15/h10,12-15,18,20-22H,1-9,16H2,(H,17,19)/t10-,12+,13+,14-,15+/m1/s1. The van der Waals surface area contributed by atoms with E-state index in [0.29, 0.717) is 13.0 Å². The van der Waals surface area contributed by atoms with E-state index in [9.17, 15) is 20.1 Å². The predicted octanol–water partition coefficient (Wildman–Crippen LogP) is -1.48. The number of hydrogen-bond acceptors (Lipinski definition) is 8. The molecule has 0 bridgehead atoms. The van der Waals surface area contributed by atoms with Gasteiger partial charge in [-0.1, -0.05) is 25.7 Å². The van der Waals surface area contributed by atoms with Gasteiger partial charge in [0.25, 0.3) is 0 Å². The molecule has 1 aliphatic rings. The fraction of sp³-hybridized carbons (Fsp3) is 0.933. The van der Waals surface area contributed by atoms with Crippen LogP contribution in [-0.4, -0.2) is 70.3 Å². The molecule has 0 aliphatic carbocycles. The smallest absolute Gasteiger partial charge is 0.233 e. The Morgan fingerprint density at radius 2 is 1.62 bits per heavy atom. The molecule has 9 nitrogen and oxygen atoms in total. The summed E-state index contributed by atoms with van der Waals surface area (Å²) in [7, 11) is 0. The largest absolute Gasteiger partial charge is 0.394 e. The van der Waals surface area contributed by atoms with E-state index >= 15 is 0 Å². The van der Waals surface area contributed by atoms with Crippen molar-refractivity contribution in [1.29, 1.82) is 0 Å². The molecule has 0 spiro atoms. The maximum Gasteiger partial charge on any atom is 0.233 e. The molecular weight excluding hydrogens is 320 g/mol. The lowest BCUT2D eigenvalue weighted by atomic mass is 9.99. The zero-order valence-corrected chi connectivity index (χ0v) is 13.8. The minimum atomic E-state index is -1.41. The van der Waals surface area contributed by atoms with E-state index in [1.807, 2.05) is 0 Å². The van der Waals surface area contributed by atoms with Crippen molar-refractivity contribution in [2.24, 2.45) is 5.84 Å². The van der Waals surface area contributed by atoms with Crippen LogP contribution in [0, 0.1) is 0 Å². The molecule has 0 aromatic carbocycles. The second-order valence-corrected chi connectivity index (χ2v) is 6.01. The number of aliphatic hydroxyl groups is 4. The lowest BCUT2D eigenvalue weighted by Gasteiger charge is -2.39. The van der Waals surface area contributed by atoms with Gasteiger partial charge in [-0.25, -0.2) is 5.84 Å². The van der Waals surface area contributed by atoms with E-state index in [1.54, 1.807) is 0 Å². The van der Waals surface area contributed by atoms with Crippen LogP contribution < -0.4 is 11.3 Å². The van der Waals surface area contributed by atoms with Crippen LogP contribution in [0.15, 0.2) is 0 Å². The highest BCUT2D eigenvalue weighted by Crippen LogP contribution is 2.22. The number of amides is 1. The number of carbonyl (C=O) groups excluding carboxylic acids is 1. The van der Waals surface area contributed by atoms with Gasteiger partial charge in [0, 0.05) is 13.0 Å². The molecule has 7 N–H and O–H groups in total. The first kappa shape index (κ1) is 21.2. The number of ether oxygens (including phenoxy) is 2. The molecule has 5 atom stereocenters. The molecule has 0 aromatic heterocycles. The van der Waals surface area contributed by atoms with Gasteiger partial charge in [0.2, 0.25) is 5.91 Å². The summed E-state index contributed by atoms with van der Waals surface area (Å²) in [6.45, 7) is -0.120. The molecule has 24 heavy (non-hydrogen) atoms. The average molecular weight is 350 g/mol. The molecule has 0 saturated carbocycles. The van der Waals surface area contributed by atoms with Gasteiger partial charge in [0.15, 0.2) is 6.29 Å². The number of nitrogens with two attached hydrogens (primary N) is 1. The van der Waals surface area contributed by atoms with E-state index in [1.165, 1.54) is 0 Å². The van der Waals surface area contributed by atoms with Crippen molar-refractivity contribution in [3.63, 3.8) is 0 Å². The molecule has 0 unspecified atom stereocenters. The third kappa shape index (κ3) is 6.98. The highest BCUT2D eigenvalue weighted by Gasteiger charge is 2.43. The Morgan fingerprint density at radius 1 is 1.00 bits per heavy atom. The fourth-order valence-corrected chi connectivity index (χ4v) is 2.57. The van der Waals surface area contributed by atoms with Crippen LogP contribution in [0.25, 0.3) is 0 Å². The summed E-state index contributed by atoms with van der Waals surface area (Å²) >= 11 is 0. The van der Waals surface area contributed by atoms with Crippen LogP contribution in [0.2, 0.25) is 0 Å². The van der Waals surface area contributed by atoms with Crippen LogP contribution in [0.5, 0.6) is 0 Å². The number of hydrogen-bond donors (Lipinski definition) is 6. The Kier molecular flexibility index (Phi) is 10.3. The molecule has 1 aliphatic heterocycles. The quantitative estimate of drug-likeness (QED) is 0.114. The highest BCUT2D eigenvalue weighted by molar-refractivity contribution is 5.74. The van der Waals surface area contributed by atoms with E-state index in [0.717, 1.165) is 38.5 Å². The Bertz CT molecular complexity index is 357. The highest BCUT2D eigenvalue weighted by atomic mass is 16.7. The van der Waals surface area contributed by atoms with Crippen LogP contribution in [0.1, 0.15) is 44.9 Å². The second-order valence-electron chi connectivity index (χ2n) is 6.01. The Hall–Kier alpha value is -0.810. The number of nitrogens with one attached hydrogen (secondary N) is 1. The van der Waals surface area contributed by atoms with Crippen LogP contribution in [-0.2, 0) is 14.3 Å². The van der Waals surface area contributed by atoms with E-state index in [2.05, 4.69) is 5.43 Å². The molecule has 1 rings (SSSR count). The lowest BCUT2D eigenvalue weighted by molar-refractivity contribution is -0.301. The summed E-state index contributed by atoms with van der Waals surface area (Å²) in [6.07, 6.45) is -0.218. The summed E-state index contributed by atoms with van der Waals surface area (Å²) in [5.74, 6) is 4.84. The van der Waals surface area contributed by atoms with Crippen molar-refractivity contribution in [3.8, 4) is 0 Å². The molecule has 9 heteroatoms. The number of aliphatic hydroxyl groups excluding tert-OH is 4. The minimum absolute atomic E-state index is 0.150. The van der Waals surface area contributed by atoms with Crippen molar-refractivity contribution >= 4 is 5.91 Å². The van der Waals surface area contributed by atoms with Gasteiger partial charge in [-0.2, -0.15) is 0 Å². The molecule has 0 radical (unpaired) electrons. The normalized spacial score (nSPS) is 30.3. The van der Waals surface area contributed by atoms with Gasteiger partial charge in [-0.15, -0.1) is 0 Å². The van der Waals surface area contributed by atoms with Crippen molar-refractivity contribution in [3.05, 3.63) is 0 Å². The van der Waals surface area contributed by atoms with E-state index in [4.69, 9.17) is 20.4 Å². The van der Waals surface area contributed by atoms with E-state index in [-0.39, 0.29) is 5.91 Å². The van der Waals surface area contributed by atoms with Gasteiger partial charge in [-0.05, 0) is 12.8 Å². The van der Waals surface area contributed by atoms with Gasteiger partial charge in [0.1, 0.15) is 24.4 Å². The van der Waals surface area contributed by atoms with Crippen molar-refractivity contribution in [2.45, 2.75) is 75.7 Å². The third-order valence-corrected chi connectivity index (χ3v) is 4.09. The zero-order valence-electron chi connectivity index (χ0n) is 13.8. The van der Waals surface area contributed by atoms with Crippen LogP contribution in [0.3, 0.4) is 0 Å². The third-order valence-electron chi connectivity index (χ3n) is 4.09. The molecule has 1 amide bonds. The zero-order chi connectivity index (χ0) is 17.9. The maximum atomic E-state index is 10.9. The lowest BCUT2D eigenvalue weighted by Crippen LogP contribution is -2.59. The first-order valence-electron chi connectivity index (χ1n) is 8.42. The Labute approximate surface area is 141 Å². The monoisotopic (exact) mass is 350 g/mol. The summed E-state index contributed by atoms with van der Waals surface area (Å²) < 4.78 is 10.6. The predicted molar refractivity (Wildman–Crippen MR) is 84.4 cm³/mol. The molecule has 1 saturated heterocycles. The average Bonchev–Trinajstić information content (AvgIpc) is 2.59. The van der Waals surface area contributed by atoms with Crippen molar-refractivity contribution in [1.82, 2.24) is 5.43 Å². The molecule has 142 valence electrons. The fourth-order valence-electron chi connectivity index (χ4n) is 2.57. The minimum Gasteiger partial charge on any atom is -0.394 e. The number of carbonyl (C=O) groups is 1. The van der Waals surface area contributed by atoms with Gasteiger partial charge in [0.05, 0.1) is 6.61 Å². The Morgan fingerprint density at radius 3 is 2.25 bits per heavy atom. The van der Waals surface area contributed by atoms with Crippen LogP contribution in [0.4, 0.5) is 0 Å². The molecule has 1 fully saturated rings. The number of hydrazine groups is 1. The summed E-state index contributed by atoms with van der Waals surface area (Å²) in [4.78, 5) is 10.9. The van der Waals surface area contributed by atoms with Crippen LogP contribution >= 0.6 is 0 Å². The Balaban J connectivity index is 2.07. The van der Waals surface area contributed by atoms with Gasteiger partial charge < -0.3 is 29.9 Å². The van der Waals surface area contributed by atoms with E-state index < -0.39 is 37.3 Å². The van der Waals surface area contributed by atoms with Gasteiger partial charge >= 0.3 is 0 Å². The SMILES string of the molecule is NNC(=O)CCCCCCCCO[C@H]1O[C@H](CO)[C@H](O)[C@H](O)[C@H]1O. The molecular formula is C15H30N2O7. The number of unbranched alkanes of at least 4 members (excludes halogenated alkanes) is 5. The first-order valence-corrected chi connectivity index (χ1v) is 8.42. The first-order chi connectivity index (χ1) is 11.5. The summed E-state index contributed by atoms with van der Waals surface area (Å²) in [5, 5.41) is 38.2. The topological polar surface area (TPSA) is 154 Å². The number of rotatable bonds is 11. The second kappa shape index (κ2) is 11.7. The maximum absolute atomic E-state index is 10.9. The molecule has 1 heterocycles. The van der Waals surface area contributed by atoms with Gasteiger partial charge in [-0.3, -0.25) is 10.2 Å².